The van der Waals surface area contributed by atoms with Crippen LogP contribution in [0.4, 0.5) is 5.69 Å². The standard InChI is InChI=1S/C13H15ClN4S/c1-2-18-12(11(14)8-16-18)9-15-13(19)17-10-6-4-3-5-7-10/h3-8H,2,9H2,1H3,(H2,15,17,19). The van der Waals surface area contributed by atoms with Gasteiger partial charge in [0.2, 0.25) is 0 Å². The Kier molecular flexibility index (Phi) is 4.76. The van der Waals surface area contributed by atoms with Crippen molar-refractivity contribution in [1.29, 1.82) is 0 Å². The Bertz CT molecular complexity index is 553. The van der Waals surface area contributed by atoms with E-state index in [2.05, 4.69) is 15.7 Å². The van der Waals surface area contributed by atoms with E-state index in [1.165, 1.54) is 0 Å². The molecule has 0 unspecified atom stereocenters. The minimum atomic E-state index is 0.547. The minimum absolute atomic E-state index is 0.547. The number of benzene rings is 1. The zero-order chi connectivity index (χ0) is 13.7. The summed E-state index contributed by atoms with van der Waals surface area (Å²) < 4.78 is 1.85. The Hall–Kier alpha value is -1.59. The third-order valence-electron chi connectivity index (χ3n) is 2.65. The predicted octanol–water partition coefficient (Wildman–Crippen LogP) is 3.04. The molecule has 2 rings (SSSR count). The van der Waals surface area contributed by atoms with Crippen molar-refractivity contribution < 1.29 is 0 Å². The van der Waals surface area contributed by atoms with Gasteiger partial charge in [0.15, 0.2) is 5.11 Å². The molecule has 1 aromatic carbocycles. The summed E-state index contributed by atoms with van der Waals surface area (Å²) in [4.78, 5) is 0. The van der Waals surface area contributed by atoms with Crippen LogP contribution in [0.25, 0.3) is 0 Å². The van der Waals surface area contributed by atoms with Crippen molar-refractivity contribution in [3.05, 3.63) is 47.2 Å². The number of para-hydroxylation sites is 1. The molecule has 0 spiro atoms. The van der Waals surface area contributed by atoms with Crippen LogP contribution >= 0.6 is 23.8 Å². The normalized spacial score (nSPS) is 10.2. The smallest absolute Gasteiger partial charge is 0.171 e. The summed E-state index contributed by atoms with van der Waals surface area (Å²) in [6.07, 6.45) is 1.65. The average Bonchev–Trinajstić information content (AvgIpc) is 2.78. The molecule has 0 aliphatic rings. The second-order valence-electron chi connectivity index (χ2n) is 3.93. The third kappa shape index (κ3) is 3.68. The topological polar surface area (TPSA) is 41.9 Å². The SMILES string of the molecule is CCn1ncc(Cl)c1CNC(=S)Nc1ccccc1. The monoisotopic (exact) mass is 294 g/mol. The first-order valence-electron chi connectivity index (χ1n) is 6.00. The largest absolute Gasteiger partial charge is 0.357 e. The summed E-state index contributed by atoms with van der Waals surface area (Å²) in [6, 6.07) is 9.78. The lowest BCUT2D eigenvalue weighted by Gasteiger charge is -2.11. The molecule has 0 saturated heterocycles. The number of aromatic nitrogens is 2. The highest BCUT2D eigenvalue weighted by Gasteiger charge is 2.08. The molecule has 1 aromatic heterocycles. The number of rotatable bonds is 4. The summed E-state index contributed by atoms with van der Waals surface area (Å²) in [5.74, 6) is 0. The van der Waals surface area contributed by atoms with Gasteiger partial charge in [-0.05, 0) is 31.3 Å². The summed E-state index contributed by atoms with van der Waals surface area (Å²) in [5.41, 5.74) is 1.89. The highest BCUT2D eigenvalue weighted by Crippen LogP contribution is 2.14. The first-order chi connectivity index (χ1) is 9.20. The number of thiocarbonyl (C=S) groups is 1. The number of anilines is 1. The van der Waals surface area contributed by atoms with Gasteiger partial charge in [0.1, 0.15) is 0 Å². The van der Waals surface area contributed by atoms with Gasteiger partial charge in [-0.25, -0.2) is 0 Å². The van der Waals surface area contributed by atoms with Crippen LogP contribution in [0.1, 0.15) is 12.6 Å². The average molecular weight is 295 g/mol. The van der Waals surface area contributed by atoms with Crippen LogP contribution in [0.3, 0.4) is 0 Å². The first kappa shape index (κ1) is 13.8. The van der Waals surface area contributed by atoms with Crippen molar-refractivity contribution in [2.45, 2.75) is 20.0 Å². The fourth-order valence-corrected chi connectivity index (χ4v) is 2.09. The molecule has 0 radical (unpaired) electrons. The molecular formula is C13H15ClN4S. The maximum Gasteiger partial charge on any atom is 0.171 e. The van der Waals surface area contributed by atoms with E-state index < -0.39 is 0 Å². The maximum absolute atomic E-state index is 6.08. The molecule has 2 N–H and O–H groups in total. The van der Waals surface area contributed by atoms with Crippen molar-refractivity contribution in [2.75, 3.05) is 5.32 Å². The van der Waals surface area contributed by atoms with Gasteiger partial charge in [-0.3, -0.25) is 4.68 Å². The highest BCUT2D eigenvalue weighted by atomic mass is 35.5. The first-order valence-corrected chi connectivity index (χ1v) is 6.79. The molecule has 100 valence electrons. The van der Waals surface area contributed by atoms with Gasteiger partial charge in [-0.2, -0.15) is 5.10 Å². The van der Waals surface area contributed by atoms with Crippen LogP contribution in [0, 0.1) is 0 Å². The molecular weight excluding hydrogens is 280 g/mol. The molecule has 0 amide bonds. The Balaban J connectivity index is 1.92. The summed E-state index contributed by atoms with van der Waals surface area (Å²) >= 11 is 11.3. The minimum Gasteiger partial charge on any atom is -0.357 e. The molecule has 19 heavy (non-hydrogen) atoms. The zero-order valence-electron chi connectivity index (χ0n) is 10.6. The van der Waals surface area contributed by atoms with E-state index in [1.54, 1.807) is 6.20 Å². The van der Waals surface area contributed by atoms with Gasteiger partial charge in [-0.15, -0.1) is 0 Å². The van der Waals surface area contributed by atoms with Crippen LogP contribution in [0.5, 0.6) is 0 Å². The number of nitrogens with one attached hydrogen (secondary N) is 2. The fourth-order valence-electron chi connectivity index (χ4n) is 1.70. The van der Waals surface area contributed by atoms with Gasteiger partial charge < -0.3 is 10.6 Å². The molecule has 2 aromatic rings. The van der Waals surface area contributed by atoms with Gasteiger partial charge in [0.05, 0.1) is 23.5 Å². The Morgan fingerprint density at radius 2 is 2.11 bits per heavy atom. The predicted molar refractivity (Wildman–Crippen MR) is 82.4 cm³/mol. The van der Waals surface area contributed by atoms with E-state index in [9.17, 15) is 0 Å². The summed E-state index contributed by atoms with van der Waals surface area (Å²) in [6.45, 7) is 3.35. The van der Waals surface area contributed by atoms with Crippen molar-refractivity contribution in [3.63, 3.8) is 0 Å². The van der Waals surface area contributed by atoms with Gasteiger partial charge in [-0.1, -0.05) is 29.8 Å². The van der Waals surface area contributed by atoms with Crippen LogP contribution in [0.2, 0.25) is 5.02 Å². The highest BCUT2D eigenvalue weighted by molar-refractivity contribution is 7.80. The van der Waals surface area contributed by atoms with E-state index >= 15 is 0 Å². The van der Waals surface area contributed by atoms with Gasteiger partial charge in [0, 0.05) is 12.2 Å². The molecule has 0 aliphatic carbocycles. The Labute approximate surface area is 122 Å². The number of hydrogen-bond donors (Lipinski definition) is 2. The molecule has 0 atom stereocenters. The van der Waals surface area contributed by atoms with Crippen LogP contribution in [-0.4, -0.2) is 14.9 Å². The lowest BCUT2D eigenvalue weighted by molar-refractivity contribution is 0.614. The second-order valence-corrected chi connectivity index (χ2v) is 4.74. The third-order valence-corrected chi connectivity index (χ3v) is 3.21. The van der Waals surface area contributed by atoms with E-state index in [0.29, 0.717) is 16.7 Å². The molecule has 4 nitrogen and oxygen atoms in total. The Morgan fingerprint density at radius 1 is 1.37 bits per heavy atom. The second kappa shape index (κ2) is 6.54. The van der Waals surface area contributed by atoms with Crippen LogP contribution < -0.4 is 10.6 Å². The van der Waals surface area contributed by atoms with Crippen LogP contribution in [0.15, 0.2) is 36.5 Å². The van der Waals surface area contributed by atoms with Crippen LogP contribution in [-0.2, 0) is 13.1 Å². The van der Waals surface area contributed by atoms with Gasteiger partial charge >= 0.3 is 0 Å². The van der Waals surface area contributed by atoms with E-state index in [-0.39, 0.29) is 0 Å². The van der Waals surface area contributed by atoms with Crippen molar-refractivity contribution in [1.82, 2.24) is 15.1 Å². The molecule has 0 bridgehead atoms. The number of nitrogens with zero attached hydrogens (tertiary/aromatic N) is 2. The summed E-state index contributed by atoms with van der Waals surface area (Å²) in [5, 5.41) is 11.6. The molecule has 0 saturated carbocycles. The lowest BCUT2D eigenvalue weighted by Crippen LogP contribution is -2.29. The van der Waals surface area contributed by atoms with Crippen molar-refractivity contribution in [3.8, 4) is 0 Å². The van der Waals surface area contributed by atoms with E-state index in [0.717, 1.165) is 17.9 Å². The van der Waals surface area contributed by atoms with E-state index in [4.69, 9.17) is 23.8 Å². The van der Waals surface area contributed by atoms with Crippen molar-refractivity contribution in [2.24, 2.45) is 0 Å². The number of aryl methyl sites for hydroxylation is 1. The Morgan fingerprint density at radius 3 is 2.79 bits per heavy atom. The quantitative estimate of drug-likeness (QED) is 0.851. The molecule has 0 aliphatic heterocycles. The zero-order valence-corrected chi connectivity index (χ0v) is 12.1. The molecule has 1 heterocycles. The summed E-state index contributed by atoms with van der Waals surface area (Å²) in [7, 11) is 0. The van der Waals surface area contributed by atoms with Crippen molar-refractivity contribution >= 4 is 34.6 Å². The lowest BCUT2D eigenvalue weighted by atomic mass is 10.3. The number of halogens is 1. The molecule has 0 fully saturated rings. The molecule has 6 heteroatoms. The fraction of sp³-hybridized carbons (Fsp3) is 0.231. The number of hydrogen-bond acceptors (Lipinski definition) is 2. The maximum atomic E-state index is 6.08. The van der Waals surface area contributed by atoms with Gasteiger partial charge in [0.25, 0.3) is 0 Å². The van der Waals surface area contributed by atoms with E-state index in [1.807, 2.05) is 41.9 Å².